The predicted molar refractivity (Wildman–Crippen MR) is 109 cm³/mol. The van der Waals surface area contributed by atoms with Crippen LogP contribution in [0.15, 0.2) is 69.1 Å². The van der Waals surface area contributed by atoms with Crippen molar-refractivity contribution in [3.63, 3.8) is 0 Å². The maximum atomic E-state index is 12.9. The topological polar surface area (TPSA) is 59.2 Å². The lowest BCUT2D eigenvalue weighted by Crippen LogP contribution is -2.33. The van der Waals surface area contributed by atoms with Gasteiger partial charge in [0, 0.05) is 22.3 Å². The average molecular weight is 398 g/mol. The van der Waals surface area contributed by atoms with Gasteiger partial charge < -0.3 is 9.32 Å². The molecule has 0 spiro atoms. The van der Waals surface area contributed by atoms with Crippen LogP contribution in [-0.4, -0.2) is 33.7 Å². The summed E-state index contributed by atoms with van der Waals surface area (Å²) < 4.78 is 5.68. The van der Waals surface area contributed by atoms with Crippen molar-refractivity contribution in [2.24, 2.45) is 0 Å². The van der Waals surface area contributed by atoms with Crippen molar-refractivity contribution in [2.75, 3.05) is 17.2 Å². The Morgan fingerprint density at radius 2 is 1.96 bits per heavy atom. The van der Waals surface area contributed by atoms with E-state index in [0.29, 0.717) is 16.4 Å². The highest BCUT2D eigenvalue weighted by molar-refractivity contribution is 8.00. The molecule has 3 aromatic rings. The number of rotatable bonds is 4. The first kappa shape index (κ1) is 18.1. The van der Waals surface area contributed by atoms with Crippen LogP contribution in [0, 0.1) is 0 Å². The number of nitrogens with zero attached hydrogens (tertiary/aromatic N) is 3. The number of para-hydroxylation sites is 1. The molecule has 27 heavy (non-hydrogen) atoms. The lowest BCUT2D eigenvalue weighted by molar-refractivity contribution is -0.116. The molecule has 1 aromatic heterocycles. The number of aromatic nitrogens is 2. The van der Waals surface area contributed by atoms with Crippen LogP contribution in [0.4, 0.5) is 5.69 Å². The van der Waals surface area contributed by atoms with E-state index in [9.17, 15) is 4.79 Å². The van der Waals surface area contributed by atoms with Crippen LogP contribution in [0.3, 0.4) is 0 Å². The highest BCUT2D eigenvalue weighted by atomic mass is 32.2. The summed E-state index contributed by atoms with van der Waals surface area (Å²) in [5, 5.41) is 9.03. The summed E-state index contributed by atoms with van der Waals surface area (Å²) in [4.78, 5) is 15.9. The maximum Gasteiger partial charge on any atom is 0.277 e. The third-order valence-corrected chi connectivity index (χ3v) is 6.33. The molecule has 0 N–H and O–H groups in total. The Bertz CT molecular complexity index is 930. The van der Waals surface area contributed by atoms with Crippen molar-refractivity contribution in [3.05, 3.63) is 54.6 Å². The normalized spacial score (nSPS) is 16.6. The largest absolute Gasteiger partial charge is 0.411 e. The van der Waals surface area contributed by atoms with E-state index in [1.54, 1.807) is 0 Å². The minimum atomic E-state index is 0.0570. The van der Waals surface area contributed by atoms with Gasteiger partial charge in [-0.05, 0) is 30.7 Å². The van der Waals surface area contributed by atoms with Crippen molar-refractivity contribution in [2.45, 2.75) is 28.7 Å². The van der Waals surface area contributed by atoms with Crippen LogP contribution in [0.1, 0.15) is 13.3 Å². The molecule has 2 aromatic carbocycles. The maximum absolute atomic E-state index is 12.9. The average Bonchev–Trinajstić information content (AvgIpc) is 3.10. The van der Waals surface area contributed by atoms with Crippen LogP contribution in [0.5, 0.6) is 0 Å². The number of hydrogen-bond acceptors (Lipinski definition) is 6. The molecule has 0 fully saturated rings. The zero-order chi connectivity index (χ0) is 18.6. The van der Waals surface area contributed by atoms with Gasteiger partial charge in [0.25, 0.3) is 5.22 Å². The molecule has 1 amide bonds. The second-order valence-electron chi connectivity index (χ2n) is 6.26. The highest BCUT2D eigenvalue weighted by Gasteiger charge is 2.24. The summed E-state index contributed by atoms with van der Waals surface area (Å²) in [6.07, 6.45) is 0.967. The number of benzene rings is 2. The summed E-state index contributed by atoms with van der Waals surface area (Å²) in [7, 11) is 0. The van der Waals surface area contributed by atoms with Crippen molar-refractivity contribution >= 4 is 35.1 Å². The van der Waals surface area contributed by atoms with E-state index in [4.69, 9.17) is 4.42 Å². The molecule has 2 heterocycles. The summed E-state index contributed by atoms with van der Waals surface area (Å²) >= 11 is 3.11. The van der Waals surface area contributed by atoms with Crippen LogP contribution in [0.2, 0.25) is 0 Å². The summed E-state index contributed by atoms with van der Waals surface area (Å²) in [6, 6.07) is 17.7. The Morgan fingerprint density at radius 3 is 2.81 bits per heavy atom. The third-order valence-electron chi connectivity index (χ3n) is 4.29. The second-order valence-corrected chi connectivity index (χ2v) is 8.66. The Labute approximate surface area is 166 Å². The Hall–Kier alpha value is -2.25. The van der Waals surface area contributed by atoms with Gasteiger partial charge in [0.2, 0.25) is 11.8 Å². The van der Waals surface area contributed by atoms with E-state index >= 15 is 0 Å². The van der Waals surface area contributed by atoms with Gasteiger partial charge in [-0.3, -0.25) is 4.79 Å². The molecule has 0 saturated heterocycles. The van der Waals surface area contributed by atoms with Crippen molar-refractivity contribution in [3.8, 4) is 11.5 Å². The number of anilines is 1. The van der Waals surface area contributed by atoms with Gasteiger partial charge in [-0.2, -0.15) is 0 Å². The zero-order valence-electron chi connectivity index (χ0n) is 14.9. The van der Waals surface area contributed by atoms with Crippen LogP contribution in [-0.2, 0) is 4.79 Å². The third kappa shape index (κ3) is 4.20. The molecule has 4 rings (SSSR count). The van der Waals surface area contributed by atoms with Crippen LogP contribution < -0.4 is 4.90 Å². The molecule has 0 radical (unpaired) electrons. The molecular weight excluding hydrogens is 378 g/mol. The zero-order valence-corrected chi connectivity index (χ0v) is 16.5. The van der Waals surface area contributed by atoms with Crippen molar-refractivity contribution < 1.29 is 9.21 Å². The van der Waals surface area contributed by atoms with Crippen molar-refractivity contribution in [1.29, 1.82) is 0 Å². The van der Waals surface area contributed by atoms with Crippen LogP contribution in [0.25, 0.3) is 11.5 Å². The highest BCUT2D eigenvalue weighted by Crippen LogP contribution is 2.37. The molecule has 7 heteroatoms. The minimum Gasteiger partial charge on any atom is -0.411 e. The van der Waals surface area contributed by atoms with Gasteiger partial charge >= 0.3 is 0 Å². The molecule has 0 unspecified atom stereocenters. The summed E-state index contributed by atoms with van der Waals surface area (Å²) in [5.41, 5.74) is 1.86. The van der Waals surface area contributed by atoms with Crippen LogP contribution >= 0.6 is 23.5 Å². The summed E-state index contributed by atoms with van der Waals surface area (Å²) in [5.74, 6) is 0.793. The fraction of sp³-hybridized carbons (Fsp3) is 0.250. The van der Waals surface area contributed by atoms with Gasteiger partial charge in [-0.1, -0.05) is 49.0 Å². The first-order valence-electron chi connectivity index (χ1n) is 8.78. The van der Waals surface area contributed by atoms with E-state index in [2.05, 4.69) is 23.2 Å². The summed E-state index contributed by atoms with van der Waals surface area (Å²) in [6.45, 7) is 2.93. The van der Waals surface area contributed by atoms with E-state index in [1.807, 2.05) is 65.2 Å². The van der Waals surface area contributed by atoms with E-state index in [-0.39, 0.29) is 11.7 Å². The fourth-order valence-corrected chi connectivity index (χ4v) is 4.66. The van der Waals surface area contributed by atoms with E-state index < -0.39 is 0 Å². The molecular formula is C20H19N3O2S2. The van der Waals surface area contributed by atoms with Gasteiger partial charge in [-0.25, -0.2) is 0 Å². The lowest BCUT2D eigenvalue weighted by atomic mass is 10.2. The van der Waals surface area contributed by atoms with Gasteiger partial charge in [0.05, 0.1) is 11.4 Å². The molecule has 0 bridgehead atoms. The number of carbonyl (C=O) groups excluding carboxylic acids is 1. The Kier molecular flexibility index (Phi) is 5.50. The SMILES string of the molecule is C[C@@H]1CCN(C(=O)CSc2nnc(-c3ccccc3)o2)c2ccccc2S1. The fourth-order valence-electron chi connectivity index (χ4n) is 2.91. The molecule has 1 aliphatic rings. The smallest absolute Gasteiger partial charge is 0.277 e. The van der Waals surface area contributed by atoms with Gasteiger partial charge in [0.15, 0.2) is 0 Å². The van der Waals surface area contributed by atoms with E-state index in [0.717, 1.165) is 29.1 Å². The Morgan fingerprint density at radius 1 is 1.19 bits per heavy atom. The molecule has 5 nitrogen and oxygen atoms in total. The second kappa shape index (κ2) is 8.19. The van der Waals surface area contributed by atoms with Gasteiger partial charge in [0.1, 0.15) is 0 Å². The number of hydrogen-bond donors (Lipinski definition) is 0. The molecule has 1 atom stereocenters. The number of carbonyl (C=O) groups is 1. The standard InChI is InChI=1S/C20H19N3O2S2/c1-14-11-12-23(16-9-5-6-10-17(16)27-14)18(24)13-26-20-22-21-19(25-20)15-7-3-2-4-8-15/h2-10,14H,11-13H2,1H3/t14-/m1/s1. The first-order chi connectivity index (χ1) is 13.2. The lowest BCUT2D eigenvalue weighted by Gasteiger charge is -2.22. The predicted octanol–water partition coefficient (Wildman–Crippen LogP) is 4.75. The number of thioether (sulfide) groups is 2. The molecule has 138 valence electrons. The molecule has 0 saturated carbocycles. The van der Waals surface area contributed by atoms with Crippen molar-refractivity contribution in [1.82, 2.24) is 10.2 Å². The number of fused-ring (bicyclic) bond motifs is 1. The van der Waals surface area contributed by atoms with Gasteiger partial charge in [-0.15, -0.1) is 22.0 Å². The molecule has 1 aliphatic heterocycles. The quantitative estimate of drug-likeness (QED) is 0.592. The number of amides is 1. The monoisotopic (exact) mass is 397 g/mol. The minimum absolute atomic E-state index is 0.0570. The first-order valence-corrected chi connectivity index (χ1v) is 10.6. The molecule has 0 aliphatic carbocycles. The van der Waals surface area contributed by atoms with E-state index in [1.165, 1.54) is 11.8 Å². The Balaban J connectivity index is 1.45.